The van der Waals surface area contributed by atoms with Crippen molar-refractivity contribution in [2.24, 2.45) is 34.5 Å². The summed E-state index contributed by atoms with van der Waals surface area (Å²) in [6.45, 7) is 14.1. The molecule has 0 aliphatic carbocycles. The summed E-state index contributed by atoms with van der Waals surface area (Å²) < 4.78 is 42.3. The maximum absolute atomic E-state index is 12.6. The molecule has 440 valence electrons. The number of carbonyl (C=O) groups excluding carboxylic acids is 4. The molecule has 4 aromatic rings. The Labute approximate surface area is 456 Å². The van der Waals surface area contributed by atoms with E-state index in [1.165, 1.54) is 44.7 Å². The number of ether oxygens (including phenoxy) is 7. The first-order valence-corrected chi connectivity index (χ1v) is 25.1. The van der Waals surface area contributed by atoms with Gasteiger partial charge in [0.1, 0.15) is 71.6 Å². The predicted octanol–water partition coefficient (Wildman–Crippen LogP) is -0.928. The number of nitrogens with two attached hydrogens (primary N) is 4. The third-order valence-electron chi connectivity index (χ3n) is 13.0. The molecule has 0 saturated carbocycles. The van der Waals surface area contributed by atoms with E-state index in [0.29, 0.717) is 16.9 Å². The Kier molecular flexibility index (Phi) is 20.5. The highest BCUT2D eigenvalue weighted by atomic mass is 16.7. The van der Waals surface area contributed by atoms with Crippen molar-refractivity contribution in [1.29, 1.82) is 0 Å². The van der Waals surface area contributed by atoms with Gasteiger partial charge in [-0.25, -0.2) is 19.6 Å². The van der Waals surface area contributed by atoms with Crippen molar-refractivity contribution in [3.8, 4) is 0 Å². The van der Waals surface area contributed by atoms with Crippen LogP contribution in [-0.2, 0) is 52.3 Å². The molecule has 4 aromatic heterocycles. The van der Waals surface area contributed by atoms with Crippen LogP contribution in [0.2, 0.25) is 0 Å². The highest BCUT2D eigenvalue weighted by Crippen LogP contribution is 2.44. The molecule has 13 N–H and O–H groups in total. The Morgan fingerprint density at radius 3 is 1.76 bits per heavy atom. The Morgan fingerprint density at radius 2 is 1.25 bits per heavy atom. The SMILES string of the molecule is CC(C)C(=O)OC[C@@]1(N=[N+]=[N-])O[C@@H](n2ccc(N)nc2=O)[C@H](OC(=O)C(C)C)[C@@H]1OC(=O)C(C)C.CC(C)[C@H](N)C(=O)O[C@@H]1[C@@H](CO)O[C@@H](n2ccc(N)nc2=O)[C@]1(C)O.C[C@@]1(O)[C@H](O)[C@@H](CO)O[C@H]1n1ccc2c(N)ncnc21. The molecule has 0 spiro atoms. The van der Waals surface area contributed by atoms with Gasteiger partial charge in [0, 0.05) is 23.5 Å². The zero-order valence-corrected chi connectivity index (χ0v) is 45.6. The maximum atomic E-state index is 12.6. The summed E-state index contributed by atoms with van der Waals surface area (Å²) in [4.78, 5) is 92.2. The number of aliphatic hydroxyl groups is 5. The zero-order chi connectivity index (χ0) is 59.9. The monoisotopic (exact) mass is 1130 g/mol. The molecule has 80 heavy (non-hydrogen) atoms. The summed E-state index contributed by atoms with van der Waals surface area (Å²) in [5.41, 5.74) is 25.2. The number of hydrogen-bond acceptors (Lipinski definition) is 27. The van der Waals surface area contributed by atoms with Crippen LogP contribution in [0, 0.1) is 23.7 Å². The topological polar surface area (TPSA) is 487 Å². The van der Waals surface area contributed by atoms with Gasteiger partial charge in [0.25, 0.3) is 0 Å². The number of carbonyl (C=O) groups is 4. The molecule has 0 unspecified atom stereocenters. The van der Waals surface area contributed by atoms with E-state index in [2.05, 4.69) is 30.0 Å². The zero-order valence-electron chi connectivity index (χ0n) is 45.6. The number of rotatable bonds is 16. The molecule has 7 rings (SSSR count). The highest BCUT2D eigenvalue weighted by Gasteiger charge is 2.62. The average molecular weight is 1130 g/mol. The van der Waals surface area contributed by atoms with E-state index < -0.39 is 145 Å². The van der Waals surface area contributed by atoms with Gasteiger partial charge in [-0.3, -0.25) is 28.3 Å². The number of fused-ring (bicyclic) bond motifs is 1. The molecule has 13 atom stereocenters. The molecule has 7 heterocycles. The Bertz CT molecular complexity index is 3010. The van der Waals surface area contributed by atoms with E-state index in [1.54, 1.807) is 72.2 Å². The molecule has 0 bridgehead atoms. The van der Waals surface area contributed by atoms with E-state index in [9.17, 15) is 59.8 Å². The van der Waals surface area contributed by atoms with E-state index >= 15 is 0 Å². The van der Waals surface area contributed by atoms with E-state index in [0.717, 1.165) is 9.13 Å². The number of hydrogen-bond donors (Lipinski definition) is 9. The van der Waals surface area contributed by atoms with E-state index in [4.69, 9.17) is 56.1 Å². The molecule has 32 nitrogen and oxygen atoms in total. The Hall–Kier alpha value is -7.39. The van der Waals surface area contributed by atoms with Gasteiger partial charge >= 0.3 is 35.3 Å². The van der Waals surface area contributed by atoms with Crippen molar-refractivity contribution < 1.29 is 77.9 Å². The first-order chi connectivity index (χ1) is 37.4. The van der Waals surface area contributed by atoms with Gasteiger partial charge in [-0.05, 0) is 43.5 Å². The third kappa shape index (κ3) is 13.6. The summed E-state index contributed by atoms with van der Waals surface area (Å²) in [6, 6.07) is 3.48. The van der Waals surface area contributed by atoms with Crippen LogP contribution in [0.3, 0.4) is 0 Å². The summed E-state index contributed by atoms with van der Waals surface area (Å²) in [6.07, 6.45) is -5.41. The number of aliphatic hydroxyl groups excluding tert-OH is 3. The Morgan fingerprint density at radius 1 is 0.738 bits per heavy atom. The lowest BCUT2D eigenvalue weighted by molar-refractivity contribution is -0.182. The molecule has 32 heteroatoms. The van der Waals surface area contributed by atoms with Crippen LogP contribution in [0.25, 0.3) is 21.5 Å². The van der Waals surface area contributed by atoms with Crippen molar-refractivity contribution in [2.45, 2.75) is 148 Å². The minimum Gasteiger partial charge on any atom is -0.462 e. The lowest BCUT2D eigenvalue weighted by atomic mass is 9.95. The van der Waals surface area contributed by atoms with Crippen LogP contribution in [0.5, 0.6) is 0 Å². The second-order valence-electron chi connectivity index (χ2n) is 20.6. The number of nitrogen functional groups attached to an aromatic ring is 3. The van der Waals surface area contributed by atoms with Gasteiger partial charge in [0.05, 0.1) is 36.4 Å². The number of nitrogens with zero attached hydrogens (tertiary/aromatic N) is 10. The fraction of sp³-hybridized carbons (Fsp3) is 0.625. The molecular formula is C48H70N14O18. The van der Waals surface area contributed by atoms with Crippen LogP contribution in [0.1, 0.15) is 87.9 Å². The van der Waals surface area contributed by atoms with Crippen LogP contribution >= 0.6 is 0 Å². The van der Waals surface area contributed by atoms with E-state index in [-0.39, 0.29) is 24.2 Å². The number of esters is 4. The third-order valence-corrected chi connectivity index (χ3v) is 13.0. The van der Waals surface area contributed by atoms with E-state index in [1.807, 2.05) is 0 Å². The van der Waals surface area contributed by atoms with Gasteiger partial charge in [0.15, 0.2) is 37.0 Å². The van der Waals surface area contributed by atoms with Crippen LogP contribution in [0.4, 0.5) is 17.5 Å². The first-order valence-electron chi connectivity index (χ1n) is 25.1. The minimum absolute atomic E-state index is 0.0171. The van der Waals surface area contributed by atoms with Crippen molar-refractivity contribution in [3.63, 3.8) is 0 Å². The van der Waals surface area contributed by atoms with Crippen LogP contribution < -0.4 is 34.3 Å². The summed E-state index contributed by atoms with van der Waals surface area (Å²) >= 11 is 0. The second kappa shape index (κ2) is 25.8. The summed E-state index contributed by atoms with van der Waals surface area (Å²) in [5.74, 6) is -4.50. The molecule has 0 aromatic carbocycles. The Balaban J connectivity index is 0.000000230. The average Bonchev–Trinajstić information content (AvgIpc) is 4.08. The number of aromatic nitrogens is 7. The van der Waals surface area contributed by atoms with Gasteiger partial charge in [-0.1, -0.05) is 60.5 Å². The first kappa shape index (κ1) is 63.4. The quantitative estimate of drug-likeness (QED) is 0.0215. The van der Waals surface area contributed by atoms with Crippen molar-refractivity contribution in [2.75, 3.05) is 37.0 Å². The fourth-order valence-corrected chi connectivity index (χ4v) is 8.26. The summed E-state index contributed by atoms with van der Waals surface area (Å²) in [7, 11) is 0. The molecule has 3 saturated heterocycles. The molecule has 0 amide bonds. The van der Waals surface area contributed by atoms with Gasteiger partial charge in [-0.15, -0.1) is 0 Å². The minimum atomic E-state index is -2.17. The van der Waals surface area contributed by atoms with Crippen molar-refractivity contribution in [3.05, 3.63) is 74.5 Å². The molecular weight excluding hydrogens is 1060 g/mol. The lowest BCUT2D eigenvalue weighted by Crippen LogP contribution is -2.51. The van der Waals surface area contributed by atoms with Crippen LogP contribution in [0.15, 0.2) is 57.8 Å². The largest absolute Gasteiger partial charge is 0.462 e. The van der Waals surface area contributed by atoms with Crippen LogP contribution in [-0.4, -0.2) is 162 Å². The standard InChI is InChI=1S/C21H30N6O8.C15H24N4O6.C12H16N4O4/c1-10(2)17(28)32-9-21(25-26-23)15(34-19(30)12(5)6)14(33-18(29)11(3)4)16(35-21)27-8-7-13(22)24-20(27)31;1-7(2)10(17)12(21)25-11-8(6-20)24-13(15(11,3)23)19-5-4-9(16)18-14(19)22;1-12(19)8(18)7(4-17)20-11(12)16-3-2-6-9(13)14-5-15-10(6)16/h7-8,10-12,14-16H,9H2,1-6H3,(H2,22,24,31);4-5,7-8,10-11,13,20,23H,6,17H2,1-3H3,(H2,16,18,22);2-3,5,7-8,11,17-19H,4H2,1H3,(H2,13,14,15)/t14-,15+,16-,21-;8-,10+,11-,13-,15-;7-,8-,11-,12-/m111/s1. The number of azide groups is 1. The highest BCUT2D eigenvalue weighted by molar-refractivity contribution is 5.86. The van der Waals surface area contributed by atoms with Gasteiger partial charge in [0.2, 0.25) is 5.72 Å². The van der Waals surface area contributed by atoms with Crippen molar-refractivity contribution >= 4 is 52.4 Å². The smallest absolute Gasteiger partial charge is 0.351 e. The molecule has 3 aliphatic heterocycles. The lowest BCUT2D eigenvalue weighted by Gasteiger charge is -2.30. The second-order valence-corrected chi connectivity index (χ2v) is 20.6. The molecule has 3 fully saturated rings. The fourth-order valence-electron chi connectivity index (χ4n) is 8.26. The van der Waals surface area contributed by atoms with Gasteiger partial charge < -0.3 is 86.2 Å². The van der Waals surface area contributed by atoms with Crippen molar-refractivity contribution in [1.82, 2.24) is 33.6 Å². The normalized spacial score (nSPS) is 28.4. The molecule has 3 aliphatic rings. The van der Waals surface area contributed by atoms with Gasteiger partial charge in [-0.2, -0.15) is 9.97 Å². The summed E-state index contributed by atoms with van der Waals surface area (Å²) in [5, 5.41) is 54.3. The maximum Gasteiger partial charge on any atom is 0.351 e. The predicted molar refractivity (Wildman–Crippen MR) is 277 cm³/mol. The molecule has 0 radical (unpaired) electrons. The number of anilines is 3.